The molecule has 3 aromatic rings. The minimum absolute atomic E-state index is 0.179. The third-order valence-electron chi connectivity index (χ3n) is 5.12. The van der Waals surface area contributed by atoms with Crippen LogP contribution in [-0.2, 0) is 12.8 Å². The standard InChI is InChI=1S/C23H22FN/c24-20-11-13-21(14-12-20)25-17-16-19-8-4-5-9-22(19)23(25)15-10-18-6-2-1-3-7-18/h1-9,11-14,23H,10,15-17H2. The summed E-state index contributed by atoms with van der Waals surface area (Å²) in [5, 5.41) is 0. The van der Waals surface area contributed by atoms with Crippen LogP contribution in [0.1, 0.15) is 29.2 Å². The van der Waals surface area contributed by atoms with Crippen molar-refractivity contribution in [3.8, 4) is 0 Å². The number of rotatable bonds is 4. The molecule has 0 saturated carbocycles. The maximum absolute atomic E-state index is 13.3. The smallest absolute Gasteiger partial charge is 0.123 e. The molecule has 2 heteroatoms. The molecule has 0 amide bonds. The molecule has 0 saturated heterocycles. The molecule has 1 unspecified atom stereocenters. The number of anilines is 1. The number of fused-ring (bicyclic) bond motifs is 1. The molecule has 126 valence electrons. The third-order valence-corrected chi connectivity index (χ3v) is 5.12. The van der Waals surface area contributed by atoms with E-state index in [2.05, 4.69) is 59.5 Å². The lowest BCUT2D eigenvalue weighted by molar-refractivity contribution is 0.544. The Balaban J connectivity index is 1.64. The number of halogens is 1. The van der Waals surface area contributed by atoms with Crippen LogP contribution >= 0.6 is 0 Å². The van der Waals surface area contributed by atoms with Gasteiger partial charge in [-0.2, -0.15) is 0 Å². The lowest BCUT2D eigenvalue weighted by Gasteiger charge is -2.39. The van der Waals surface area contributed by atoms with E-state index in [0.29, 0.717) is 6.04 Å². The third kappa shape index (κ3) is 3.43. The molecule has 4 rings (SSSR count). The Kier molecular flexibility index (Phi) is 4.51. The van der Waals surface area contributed by atoms with E-state index in [9.17, 15) is 4.39 Å². The Bertz CT molecular complexity index is 826. The van der Waals surface area contributed by atoms with Crippen LogP contribution in [0.15, 0.2) is 78.9 Å². The van der Waals surface area contributed by atoms with E-state index in [1.165, 1.54) is 16.7 Å². The molecule has 0 radical (unpaired) electrons. The van der Waals surface area contributed by atoms with Gasteiger partial charge in [-0.3, -0.25) is 0 Å². The maximum Gasteiger partial charge on any atom is 0.123 e. The molecular formula is C23H22FN. The van der Waals surface area contributed by atoms with Gasteiger partial charge in [-0.1, -0.05) is 54.6 Å². The summed E-state index contributed by atoms with van der Waals surface area (Å²) in [5.74, 6) is -0.179. The Morgan fingerprint density at radius 3 is 2.36 bits per heavy atom. The highest BCUT2D eigenvalue weighted by Gasteiger charge is 2.27. The fourth-order valence-electron chi connectivity index (χ4n) is 3.85. The van der Waals surface area contributed by atoms with E-state index in [-0.39, 0.29) is 5.82 Å². The van der Waals surface area contributed by atoms with Crippen molar-refractivity contribution in [2.75, 3.05) is 11.4 Å². The van der Waals surface area contributed by atoms with Gasteiger partial charge in [0.1, 0.15) is 5.82 Å². The Morgan fingerprint density at radius 1 is 0.840 bits per heavy atom. The lowest BCUT2D eigenvalue weighted by Crippen LogP contribution is -2.35. The van der Waals surface area contributed by atoms with Gasteiger partial charge in [0.15, 0.2) is 0 Å². The van der Waals surface area contributed by atoms with Gasteiger partial charge >= 0.3 is 0 Å². The normalized spacial score (nSPS) is 16.5. The van der Waals surface area contributed by atoms with Crippen LogP contribution in [0.25, 0.3) is 0 Å². The van der Waals surface area contributed by atoms with E-state index in [0.717, 1.165) is 31.5 Å². The van der Waals surface area contributed by atoms with E-state index in [1.54, 1.807) is 12.1 Å². The number of benzene rings is 3. The fraction of sp³-hybridized carbons (Fsp3) is 0.217. The van der Waals surface area contributed by atoms with Crippen molar-refractivity contribution < 1.29 is 4.39 Å². The van der Waals surface area contributed by atoms with Crippen molar-refractivity contribution in [3.05, 3.63) is 101 Å². The van der Waals surface area contributed by atoms with Crippen LogP contribution in [0, 0.1) is 5.82 Å². The number of aryl methyl sites for hydroxylation is 1. The molecule has 0 fully saturated rings. The zero-order valence-electron chi connectivity index (χ0n) is 14.2. The predicted octanol–water partition coefficient (Wildman–Crippen LogP) is 5.56. The highest BCUT2D eigenvalue weighted by Crippen LogP contribution is 2.36. The minimum Gasteiger partial charge on any atom is -0.364 e. The van der Waals surface area contributed by atoms with Crippen LogP contribution in [-0.4, -0.2) is 6.54 Å². The average Bonchev–Trinajstić information content (AvgIpc) is 2.67. The molecule has 3 aromatic carbocycles. The second-order valence-corrected chi connectivity index (χ2v) is 6.66. The number of hydrogen-bond donors (Lipinski definition) is 0. The van der Waals surface area contributed by atoms with Gasteiger partial charge < -0.3 is 4.90 Å². The molecule has 0 aliphatic carbocycles. The van der Waals surface area contributed by atoms with Gasteiger partial charge in [-0.15, -0.1) is 0 Å². The van der Waals surface area contributed by atoms with E-state index < -0.39 is 0 Å². The average molecular weight is 331 g/mol. The number of nitrogens with zero attached hydrogens (tertiary/aromatic N) is 1. The van der Waals surface area contributed by atoms with Gasteiger partial charge in [-0.05, 0) is 60.2 Å². The molecule has 0 bridgehead atoms. The molecule has 0 aromatic heterocycles. The second-order valence-electron chi connectivity index (χ2n) is 6.66. The van der Waals surface area contributed by atoms with Crippen LogP contribution in [0.3, 0.4) is 0 Å². The highest BCUT2D eigenvalue weighted by molar-refractivity contribution is 5.52. The summed E-state index contributed by atoms with van der Waals surface area (Å²) in [4.78, 5) is 2.44. The van der Waals surface area contributed by atoms with Crippen molar-refractivity contribution in [2.24, 2.45) is 0 Å². The minimum atomic E-state index is -0.179. The highest BCUT2D eigenvalue weighted by atomic mass is 19.1. The molecule has 1 heterocycles. The summed E-state index contributed by atoms with van der Waals surface area (Å²) in [6.07, 6.45) is 3.13. The summed E-state index contributed by atoms with van der Waals surface area (Å²) in [6.45, 7) is 0.974. The Labute approximate surface area is 148 Å². The zero-order chi connectivity index (χ0) is 17.1. The zero-order valence-corrected chi connectivity index (χ0v) is 14.2. The van der Waals surface area contributed by atoms with E-state index in [1.807, 2.05) is 12.1 Å². The molecular weight excluding hydrogens is 309 g/mol. The van der Waals surface area contributed by atoms with Crippen molar-refractivity contribution in [1.82, 2.24) is 0 Å². The number of hydrogen-bond acceptors (Lipinski definition) is 1. The summed E-state index contributed by atoms with van der Waals surface area (Å²) in [7, 11) is 0. The summed E-state index contributed by atoms with van der Waals surface area (Å²) >= 11 is 0. The SMILES string of the molecule is Fc1ccc(N2CCc3ccccc3C2CCc2ccccc2)cc1. The van der Waals surface area contributed by atoms with Crippen molar-refractivity contribution >= 4 is 5.69 Å². The summed E-state index contributed by atoms with van der Waals surface area (Å²) < 4.78 is 13.3. The van der Waals surface area contributed by atoms with Gasteiger partial charge in [0, 0.05) is 12.2 Å². The molecule has 1 aliphatic heterocycles. The van der Waals surface area contributed by atoms with Crippen molar-refractivity contribution in [1.29, 1.82) is 0 Å². The first-order valence-electron chi connectivity index (χ1n) is 8.95. The molecule has 0 N–H and O–H groups in total. The van der Waals surface area contributed by atoms with Gasteiger partial charge in [-0.25, -0.2) is 4.39 Å². The van der Waals surface area contributed by atoms with Crippen LogP contribution in [0.5, 0.6) is 0 Å². The monoisotopic (exact) mass is 331 g/mol. The summed E-state index contributed by atoms with van der Waals surface area (Å²) in [6, 6.07) is 26.6. The van der Waals surface area contributed by atoms with Crippen molar-refractivity contribution in [3.63, 3.8) is 0 Å². The first kappa shape index (κ1) is 15.9. The quantitative estimate of drug-likeness (QED) is 0.605. The predicted molar refractivity (Wildman–Crippen MR) is 101 cm³/mol. The molecule has 25 heavy (non-hydrogen) atoms. The molecule has 1 aliphatic rings. The lowest BCUT2D eigenvalue weighted by atomic mass is 9.88. The molecule has 1 atom stereocenters. The van der Waals surface area contributed by atoms with Crippen LogP contribution in [0.4, 0.5) is 10.1 Å². The van der Waals surface area contributed by atoms with Crippen LogP contribution in [0.2, 0.25) is 0 Å². The Hall–Kier alpha value is -2.61. The molecule has 0 spiro atoms. The first-order chi connectivity index (χ1) is 12.3. The fourth-order valence-corrected chi connectivity index (χ4v) is 3.85. The van der Waals surface area contributed by atoms with Gasteiger partial charge in [0.05, 0.1) is 6.04 Å². The van der Waals surface area contributed by atoms with Gasteiger partial charge in [0.25, 0.3) is 0 Å². The first-order valence-corrected chi connectivity index (χ1v) is 8.95. The Morgan fingerprint density at radius 2 is 1.56 bits per heavy atom. The van der Waals surface area contributed by atoms with E-state index in [4.69, 9.17) is 0 Å². The van der Waals surface area contributed by atoms with Crippen molar-refractivity contribution in [2.45, 2.75) is 25.3 Å². The van der Waals surface area contributed by atoms with E-state index >= 15 is 0 Å². The van der Waals surface area contributed by atoms with Crippen LogP contribution < -0.4 is 4.90 Å². The topological polar surface area (TPSA) is 3.24 Å². The van der Waals surface area contributed by atoms with Gasteiger partial charge in [0.2, 0.25) is 0 Å². The summed E-state index contributed by atoms with van der Waals surface area (Å²) in [5.41, 5.74) is 5.33. The maximum atomic E-state index is 13.3. The largest absolute Gasteiger partial charge is 0.364 e. The molecule has 1 nitrogen and oxygen atoms in total. The second kappa shape index (κ2) is 7.10.